The van der Waals surface area contributed by atoms with Crippen LogP contribution in [0.1, 0.15) is 45.2 Å². The monoisotopic (exact) mass is 781 g/mol. The normalized spacial score (nSPS) is 29.0. The van der Waals surface area contributed by atoms with Gasteiger partial charge in [-0.15, -0.1) is 16.9 Å². The first kappa shape index (κ1) is 37.4. The van der Waals surface area contributed by atoms with E-state index in [1.807, 2.05) is 19.9 Å². The molecule has 1 aromatic heterocycles. The van der Waals surface area contributed by atoms with E-state index in [2.05, 4.69) is 15.6 Å². The van der Waals surface area contributed by atoms with Gasteiger partial charge in [-0.05, 0) is 32.8 Å². The average Bonchev–Trinajstić information content (AvgIpc) is 3.73. The molecule has 1 aromatic carbocycles. The minimum Gasteiger partial charge on any atom is -0.464 e. The summed E-state index contributed by atoms with van der Waals surface area (Å²) in [6.45, 7) is 5.17. The van der Waals surface area contributed by atoms with Crippen molar-refractivity contribution in [3.63, 3.8) is 0 Å². The standard InChI is InChI=1S/C31H39N7O9S4/c1-30(2)23(38-26(41)22(27(38)50-30)34-25(40)21(32)18-8-5-4-6-9-18)28(42)47-13-15-49-48-14-7-12-46-29(43)24-31(3,17-36-11-10-33-35-36)51(44,45)20-16-19(39)37(20)24/h4-6,8-11,20-24,27H,7,12-17,32H2,1-3H3,(H,34,40)/t20-,21?,22+,23?,24+,27+,31-/m0/s1. The van der Waals surface area contributed by atoms with Crippen LogP contribution < -0.4 is 11.1 Å². The molecule has 4 fully saturated rings. The number of sulfone groups is 1. The Balaban J connectivity index is 0.899. The van der Waals surface area contributed by atoms with Crippen LogP contribution in [0.4, 0.5) is 0 Å². The Morgan fingerprint density at radius 3 is 2.41 bits per heavy atom. The van der Waals surface area contributed by atoms with E-state index in [1.165, 1.54) is 62.2 Å². The number of esters is 2. The fraction of sp³-hybridized carbons (Fsp3) is 0.581. The summed E-state index contributed by atoms with van der Waals surface area (Å²) in [4.78, 5) is 67.1. The molecule has 6 rings (SSSR count). The number of amides is 3. The number of thioether (sulfide) groups is 1. The van der Waals surface area contributed by atoms with Crippen molar-refractivity contribution in [2.24, 2.45) is 5.73 Å². The molecule has 16 nitrogen and oxygen atoms in total. The maximum atomic E-state index is 13.3. The molecule has 0 spiro atoms. The van der Waals surface area contributed by atoms with Crippen LogP contribution in [-0.4, -0.2) is 126 Å². The number of benzene rings is 1. The molecule has 5 heterocycles. The van der Waals surface area contributed by atoms with Crippen LogP contribution >= 0.6 is 33.3 Å². The molecule has 3 N–H and O–H groups in total. The second-order valence-corrected chi connectivity index (χ2v) is 20.3. The number of hydrogen-bond acceptors (Lipinski definition) is 15. The van der Waals surface area contributed by atoms with E-state index in [0.717, 1.165) is 4.90 Å². The highest BCUT2D eigenvalue weighted by molar-refractivity contribution is 8.76. The largest absolute Gasteiger partial charge is 0.464 e. The molecular weight excluding hydrogens is 743 g/mol. The van der Waals surface area contributed by atoms with Gasteiger partial charge in [0.2, 0.25) is 17.7 Å². The van der Waals surface area contributed by atoms with Crippen molar-refractivity contribution in [3.05, 3.63) is 48.3 Å². The van der Waals surface area contributed by atoms with Crippen LogP contribution in [0.5, 0.6) is 0 Å². The number of fused-ring (bicyclic) bond motifs is 2. The second-order valence-electron chi connectivity index (χ2n) is 13.3. The molecule has 20 heteroatoms. The average molecular weight is 782 g/mol. The van der Waals surface area contributed by atoms with Gasteiger partial charge in [-0.2, -0.15) is 0 Å². The molecule has 4 aliphatic heterocycles. The van der Waals surface area contributed by atoms with Crippen molar-refractivity contribution in [2.75, 3.05) is 24.7 Å². The Morgan fingerprint density at radius 2 is 1.73 bits per heavy atom. The zero-order valence-electron chi connectivity index (χ0n) is 28.1. The van der Waals surface area contributed by atoms with Crippen molar-refractivity contribution in [1.82, 2.24) is 30.1 Å². The third-order valence-electron chi connectivity index (χ3n) is 9.50. The lowest BCUT2D eigenvalue weighted by Crippen LogP contribution is -2.71. The summed E-state index contributed by atoms with van der Waals surface area (Å²) in [5.41, 5.74) is 6.73. The fourth-order valence-corrected chi connectivity index (χ4v) is 12.7. The minimum absolute atomic E-state index is 0.0309. The van der Waals surface area contributed by atoms with Crippen molar-refractivity contribution >= 4 is 72.8 Å². The molecule has 0 aliphatic carbocycles. The number of nitrogens with one attached hydrogen (secondary N) is 1. The first-order valence-corrected chi connectivity index (χ1v) is 21.2. The zero-order valence-corrected chi connectivity index (χ0v) is 31.3. The van der Waals surface area contributed by atoms with E-state index < -0.39 is 78.0 Å². The van der Waals surface area contributed by atoms with Crippen LogP contribution in [0, 0.1) is 0 Å². The molecule has 2 unspecified atom stereocenters. The number of rotatable bonds is 15. The van der Waals surface area contributed by atoms with Crippen molar-refractivity contribution in [3.8, 4) is 0 Å². The Morgan fingerprint density at radius 1 is 1.04 bits per heavy atom. The van der Waals surface area contributed by atoms with Gasteiger partial charge in [0.15, 0.2) is 15.9 Å². The van der Waals surface area contributed by atoms with E-state index >= 15 is 0 Å². The van der Waals surface area contributed by atoms with E-state index in [1.54, 1.807) is 24.3 Å². The number of aromatic nitrogens is 3. The number of ether oxygens (including phenoxy) is 2. The SMILES string of the molecule is CC1(C)S[C@@H]2[C@H](NC(=O)C(N)c3ccccc3)C(=O)N2C1C(=O)OCCSSCCCOC(=O)[C@H]1N2C(=O)C[C@@H]2S(=O)(=O)[C@@]1(C)Cn1ccnn1. The molecule has 0 saturated carbocycles. The lowest BCUT2D eigenvalue weighted by molar-refractivity contribution is -0.164. The van der Waals surface area contributed by atoms with Gasteiger partial charge in [0, 0.05) is 22.4 Å². The van der Waals surface area contributed by atoms with Crippen LogP contribution in [0.25, 0.3) is 0 Å². The van der Waals surface area contributed by atoms with Crippen molar-refractivity contribution < 1.29 is 41.9 Å². The molecule has 2 aromatic rings. The van der Waals surface area contributed by atoms with Gasteiger partial charge in [-0.25, -0.2) is 18.0 Å². The van der Waals surface area contributed by atoms with Crippen LogP contribution in [0.3, 0.4) is 0 Å². The molecule has 4 aliphatic rings. The van der Waals surface area contributed by atoms with E-state index in [0.29, 0.717) is 23.5 Å². The molecule has 0 bridgehead atoms. The van der Waals surface area contributed by atoms with Gasteiger partial charge in [0.25, 0.3) is 0 Å². The van der Waals surface area contributed by atoms with Crippen LogP contribution in [-0.2, 0) is 49.8 Å². The predicted octanol–water partition coefficient (Wildman–Crippen LogP) is 0.497. The first-order valence-electron chi connectivity index (χ1n) is 16.3. The van der Waals surface area contributed by atoms with Gasteiger partial charge in [0.05, 0.1) is 25.8 Å². The Kier molecular flexibility index (Phi) is 10.7. The number of nitrogens with zero attached hydrogens (tertiary/aromatic N) is 5. The third-order valence-corrected chi connectivity index (χ3v) is 16.3. The van der Waals surface area contributed by atoms with Gasteiger partial charge in [0.1, 0.15) is 40.2 Å². The first-order chi connectivity index (χ1) is 24.2. The zero-order chi connectivity index (χ0) is 36.7. The molecule has 3 amide bonds. The summed E-state index contributed by atoms with van der Waals surface area (Å²) < 4.78 is 36.7. The van der Waals surface area contributed by atoms with Gasteiger partial charge >= 0.3 is 11.9 Å². The van der Waals surface area contributed by atoms with Gasteiger partial charge in [-0.3, -0.25) is 19.1 Å². The Labute approximate surface area is 306 Å². The highest BCUT2D eigenvalue weighted by Crippen LogP contribution is 2.51. The summed E-state index contributed by atoms with van der Waals surface area (Å²) in [7, 11) is -0.934. The summed E-state index contributed by atoms with van der Waals surface area (Å²) in [5.74, 6) is -1.46. The lowest BCUT2D eigenvalue weighted by atomic mass is 9.95. The van der Waals surface area contributed by atoms with Crippen LogP contribution in [0.15, 0.2) is 42.7 Å². The Hall–Kier alpha value is -3.33. The van der Waals surface area contributed by atoms with E-state index in [9.17, 15) is 32.4 Å². The van der Waals surface area contributed by atoms with E-state index in [-0.39, 0.29) is 32.1 Å². The molecule has 7 atom stereocenters. The molecule has 51 heavy (non-hydrogen) atoms. The molecule has 4 saturated heterocycles. The number of carbonyl (C=O) groups excluding carboxylic acids is 5. The van der Waals surface area contributed by atoms with Crippen LogP contribution in [0.2, 0.25) is 0 Å². The smallest absolute Gasteiger partial charge is 0.330 e. The molecule has 276 valence electrons. The Bertz CT molecular complexity index is 1780. The summed E-state index contributed by atoms with van der Waals surface area (Å²) in [6, 6.07) is 5.05. The third kappa shape index (κ3) is 6.84. The topological polar surface area (TPSA) is 213 Å². The number of nitrogens with two attached hydrogens (primary N) is 1. The second kappa shape index (κ2) is 14.6. The predicted molar refractivity (Wildman–Crippen MR) is 189 cm³/mol. The summed E-state index contributed by atoms with van der Waals surface area (Å²) >= 11 is 1.43. The van der Waals surface area contributed by atoms with Gasteiger partial charge in [-0.1, -0.05) is 57.1 Å². The lowest BCUT2D eigenvalue weighted by Gasteiger charge is -2.44. The summed E-state index contributed by atoms with van der Waals surface area (Å²) in [5, 5.41) is 8.83. The van der Waals surface area contributed by atoms with Crippen molar-refractivity contribution in [1.29, 1.82) is 0 Å². The van der Waals surface area contributed by atoms with E-state index in [4.69, 9.17) is 15.2 Å². The number of carbonyl (C=O) groups is 5. The highest BCUT2D eigenvalue weighted by atomic mass is 33.1. The van der Waals surface area contributed by atoms with Gasteiger partial charge < -0.3 is 30.3 Å². The fourth-order valence-electron chi connectivity index (χ4n) is 6.83. The highest BCUT2D eigenvalue weighted by Gasteiger charge is 2.70. The van der Waals surface area contributed by atoms with Crippen molar-refractivity contribution in [2.45, 2.75) is 84.6 Å². The summed E-state index contributed by atoms with van der Waals surface area (Å²) in [6.07, 6.45) is 3.21. The number of β-lactam (4-membered cyclic amide) rings is 2. The minimum atomic E-state index is -3.89. The maximum Gasteiger partial charge on any atom is 0.330 e. The molecule has 0 radical (unpaired) electrons. The quantitative estimate of drug-likeness (QED) is 0.109. The molecular formula is C31H39N7O9S4. The number of hydrogen-bond donors (Lipinski definition) is 2. The maximum absolute atomic E-state index is 13.3.